The van der Waals surface area contributed by atoms with Crippen molar-refractivity contribution in [2.75, 3.05) is 26.7 Å². The molecule has 1 aliphatic carbocycles. The molecule has 0 radical (unpaired) electrons. The standard InChI is InChI=1S/C14H25N3O3/c1-10(16(2)12-5-6-12)8-15-14(20)17-7-3-4-11(9-17)13(18)19/h10-12H,3-9H2,1-2H3,(H,15,20)(H,18,19)/t10?,11-/m0/s1. The van der Waals surface area contributed by atoms with Crippen molar-refractivity contribution in [3.8, 4) is 0 Å². The number of carbonyl (C=O) groups is 2. The zero-order valence-corrected chi connectivity index (χ0v) is 12.3. The first-order valence-corrected chi connectivity index (χ1v) is 7.46. The Hall–Kier alpha value is -1.30. The summed E-state index contributed by atoms with van der Waals surface area (Å²) in [7, 11) is 2.09. The van der Waals surface area contributed by atoms with Gasteiger partial charge >= 0.3 is 12.0 Å². The topological polar surface area (TPSA) is 72.9 Å². The number of likely N-dealkylation sites (tertiary alicyclic amines) is 1. The van der Waals surface area contributed by atoms with Gasteiger partial charge in [-0.3, -0.25) is 9.69 Å². The van der Waals surface area contributed by atoms with Crippen molar-refractivity contribution < 1.29 is 14.7 Å². The van der Waals surface area contributed by atoms with E-state index >= 15 is 0 Å². The highest BCUT2D eigenvalue weighted by Crippen LogP contribution is 2.26. The monoisotopic (exact) mass is 283 g/mol. The Morgan fingerprint density at radius 1 is 1.40 bits per heavy atom. The van der Waals surface area contributed by atoms with E-state index in [2.05, 4.69) is 24.2 Å². The molecule has 2 atom stereocenters. The first-order chi connectivity index (χ1) is 9.49. The van der Waals surface area contributed by atoms with E-state index in [1.165, 1.54) is 12.8 Å². The van der Waals surface area contributed by atoms with Crippen molar-refractivity contribution in [1.29, 1.82) is 0 Å². The summed E-state index contributed by atoms with van der Waals surface area (Å²) in [5, 5.41) is 12.0. The van der Waals surface area contributed by atoms with Gasteiger partial charge in [0, 0.05) is 31.7 Å². The highest BCUT2D eigenvalue weighted by Gasteiger charge is 2.30. The van der Waals surface area contributed by atoms with Gasteiger partial charge in [0.05, 0.1) is 5.92 Å². The van der Waals surface area contributed by atoms with Crippen LogP contribution in [-0.2, 0) is 4.79 Å². The molecule has 1 saturated heterocycles. The molecule has 1 heterocycles. The average Bonchev–Trinajstić information content (AvgIpc) is 3.28. The summed E-state index contributed by atoms with van der Waals surface area (Å²) in [6.45, 7) is 3.70. The van der Waals surface area contributed by atoms with Crippen LogP contribution in [-0.4, -0.2) is 65.7 Å². The third-order valence-corrected chi connectivity index (χ3v) is 4.42. The minimum Gasteiger partial charge on any atom is -0.481 e. The Morgan fingerprint density at radius 2 is 2.10 bits per heavy atom. The molecule has 2 amide bonds. The van der Waals surface area contributed by atoms with E-state index in [4.69, 9.17) is 5.11 Å². The van der Waals surface area contributed by atoms with E-state index in [9.17, 15) is 9.59 Å². The van der Waals surface area contributed by atoms with Gasteiger partial charge in [-0.05, 0) is 39.7 Å². The molecule has 20 heavy (non-hydrogen) atoms. The van der Waals surface area contributed by atoms with E-state index in [0.717, 1.165) is 6.42 Å². The van der Waals surface area contributed by atoms with E-state index in [-0.39, 0.29) is 6.03 Å². The molecule has 0 bridgehead atoms. The van der Waals surface area contributed by atoms with Gasteiger partial charge in [0.15, 0.2) is 0 Å². The van der Waals surface area contributed by atoms with Crippen LogP contribution in [0.15, 0.2) is 0 Å². The Bertz CT molecular complexity index is 371. The highest BCUT2D eigenvalue weighted by molar-refractivity contribution is 5.76. The number of carboxylic acids is 1. The van der Waals surface area contributed by atoms with Crippen LogP contribution in [0.5, 0.6) is 0 Å². The second-order valence-corrected chi connectivity index (χ2v) is 6.06. The third-order valence-electron chi connectivity index (χ3n) is 4.42. The van der Waals surface area contributed by atoms with Crippen LogP contribution >= 0.6 is 0 Å². The fraction of sp³-hybridized carbons (Fsp3) is 0.857. The van der Waals surface area contributed by atoms with Crippen LogP contribution < -0.4 is 5.32 Å². The Balaban J connectivity index is 1.74. The van der Waals surface area contributed by atoms with Crippen molar-refractivity contribution in [1.82, 2.24) is 15.1 Å². The lowest BCUT2D eigenvalue weighted by Gasteiger charge is -2.32. The van der Waals surface area contributed by atoms with Gasteiger partial charge in [-0.25, -0.2) is 4.79 Å². The van der Waals surface area contributed by atoms with Gasteiger partial charge in [0.2, 0.25) is 0 Å². The van der Waals surface area contributed by atoms with Crippen LogP contribution in [0, 0.1) is 5.92 Å². The lowest BCUT2D eigenvalue weighted by atomic mass is 9.99. The van der Waals surface area contributed by atoms with Gasteiger partial charge < -0.3 is 15.3 Å². The quantitative estimate of drug-likeness (QED) is 0.789. The van der Waals surface area contributed by atoms with Crippen LogP contribution in [0.4, 0.5) is 4.79 Å². The van der Waals surface area contributed by atoms with Crippen LogP contribution in [0.3, 0.4) is 0 Å². The molecule has 2 rings (SSSR count). The van der Waals surface area contributed by atoms with Crippen molar-refractivity contribution in [3.05, 3.63) is 0 Å². The smallest absolute Gasteiger partial charge is 0.317 e. The lowest BCUT2D eigenvalue weighted by molar-refractivity contribution is -0.143. The van der Waals surface area contributed by atoms with Crippen LogP contribution in [0.1, 0.15) is 32.6 Å². The largest absolute Gasteiger partial charge is 0.481 e. The third kappa shape index (κ3) is 3.85. The number of hydrogen-bond acceptors (Lipinski definition) is 3. The molecule has 6 heteroatoms. The first kappa shape index (κ1) is 15.1. The Morgan fingerprint density at radius 3 is 2.70 bits per heavy atom. The second kappa shape index (κ2) is 6.43. The number of carboxylic acid groups (broad SMARTS) is 1. The number of nitrogens with zero attached hydrogens (tertiary/aromatic N) is 2. The average molecular weight is 283 g/mol. The number of hydrogen-bond donors (Lipinski definition) is 2. The molecule has 0 spiro atoms. The number of piperidine rings is 1. The van der Waals surface area contributed by atoms with Crippen LogP contribution in [0.2, 0.25) is 0 Å². The maximum absolute atomic E-state index is 12.1. The summed E-state index contributed by atoms with van der Waals surface area (Å²) < 4.78 is 0. The van der Waals surface area contributed by atoms with Crippen molar-refractivity contribution in [2.24, 2.45) is 5.92 Å². The molecule has 1 saturated carbocycles. The van der Waals surface area contributed by atoms with Gasteiger partial charge in [0.1, 0.15) is 0 Å². The second-order valence-electron chi connectivity index (χ2n) is 6.06. The maximum atomic E-state index is 12.1. The number of urea groups is 1. The van der Waals surface area contributed by atoms with Crippen molar-refractivity contribution in [2.45, 2.75) is 44.7 Å². The van der Waals surface area contributed by atoms with E-state index in [1.54, 1.807) is 4.90 Å². The number of amides is 2. The number of nitrogens with one attached hydrogen (secondary N) is 1. The normalized spacial score (nSPS) is 24.6. The summed E-state index contributed by atoms with van der Waals surface area (Å²) in [4.78, 5) is 27.0. The molecular weight excluding hydrogens is 258 g/mol. The lowest BCUT2D eigenvalue weighted by Crippen LogP contribution is -2.50. The minimum atomic E-state index is -0.802. The summed E-state index contributed by atoms with van der Waals surface area (Å²) >= 11 is 0. The van der Waals surface area contributed by atoms with Crippen molar-refractivity contribution >= 4 is 12.0 Å². The minimum absolute atomic E-state index is 0.132. The summed E-state index contributed by atoms with van der Waals surface area (Å²) in [6, 6.07) is 0.854. The fourth-order valence-corrected chi connectivity index (χ4v) is 2.70. The zero-order chi connectivity index (χ0) is 14.7. The van der Waals surface area contributed by atoms with Gasteiger partial charge in [0.25, 0.3) is 0 Å². The summed E-state index contributed by atoms with van der Waals surface area (Å²) in [5.41, 5.74) is 0. The molecule has 2 fully saturated rings. The molecule has 1 aliphatic heterocycles. The highest BCUT2D eigenvalue weighted by atomic mass is 16.4. The number of likely N-dealkylation sites (N-methyl/N-ethyl adjacent to an activating group) is 1. The Kier molecular flexibility index (Phi) is 4.86. The number of rotatable bonds is 5. The number of carbonyl (C=O) groups excluding carboxylic acids is 1. The molecular formula is C14H25N3O3. The predicted octanol–water partition coefficient (Wildman–Crippen LogP) is 0.975. The molecule has 2 N–H and O–H groups in total. The Labute approximate surface area is 120 Å². The van der Waals surface area contributed by atoms with Gasteiger partial charge in [-0.15, -0.1) is 0 Å². The molecule has 0 aromatic heterocycles. The molecule has 114 valence electrons. The maximum Gasteiger partial charge on any atom is 0.317 e. The van der Waals surface area contributed by atoms with Crippen molar-refractivity contribution in [3.63, 3.8) is 0 Å². The SMILES string of the molecule is CC(CNC(=O)N1CCC[C@H](C(=O)O)C1)N(C)C1CC1. The first-order valence-electron chi connectivity index (χ1n) is 7.46. The number of aliphatic carboxylic acids is 1. The fourth-order valence-electron chi connectivity index (χ4n) is 2.70. The van der Waals surface area contributed by atoms with Crippen LogP contribution in [0.25, 0.3) is 0 Å². The predicted molar refractivity (Wildman–Crippen MR) is 75.6 cm³/mol. The van der Waals surface area contributed by atoms with E-state index in [0.29, 0.717) is 38.1 Å². The summed E-state index contributed by atoms with van der Waals surface area (Å²) in [6.07, 6.45) is 3.93. The molecule has 0 aromatic rings. The van der Waals surface area contributed by atoms with E-state index in [1.807, 2.05) is 0 Å². The molecule has 6 nitrogen and oxygen atoms in total. The van der Waals surface area contributed by atoms with E-state index < -0.39 is 11.9 Å². The molecule has 1 unspecified atom stereocenters. The molecule has 0 aromatic carbocycles. The van der Waals surface area contributed by atoms with Gasteiger partial charge in [-0.2, -0.15) is 0 Å². The summed E-state index contributed by atoms with van der Waals surface area (Å²) in [5.74, 6) is -1.22. The molecule has 2 aliphatic rings. The van der Waals surface area contributed by atoms with Gasteiger partial charge in [-0.1, -0.05) is 0 Å². The zero-order valence-electron chi connectivity index (χ0n) is 12.3.